The van der Waals surface area contributed by atoms with Crippen LogP contribution in [0.15, 0.2) is 36.5 Å². The van der Waals surface area contributed by atoms with E-state index in [2.05, 4.69) is 10.3 Å². The van der Waals surface area contributed by atoms with Crippen molar-refractivity contribution in [3.05, 3.63) is 59.2 Å². The molecule has 1 heterocycles. The summed E-state index contributed by atoms with van der Waals surface area (Å²) >= 11 is 0. The minimum Gasteiger partial charge on any atom is -0.318 e. The molecule has 1 amide bonds. The highest BCUT2D eigenvalue weighted by molar-refractivity contribution is 6.02. The lowest BCUT2D eigenvalue weighted by Crippen LogP contribution is -2.15. The third kappa shape index (κ3) is 2.85. The Morgan fingerprint density at radius 2 is 2.00 bits per heavy atom. The first-order valence-corrected chi connectivity index (χ1v) is 6.52. The molecule has 1 aromatic carbocycles. The molecule has 1 N–H and O–H groups in total. The molecular weight excluding hydrogens is 255 g/mol. The number of nitrogens with zero attached hydrogens (tertiary/aromatic N) is 1. The second-order valence-electron chi connectivity index (χ2n) is 4.98. The number of halogens is 1. The molecule has 2 rings (SSSR count). The van der Waals surface area contributed by atoms with Gasteiger partial charge in [0.1, 0.15) is 11.5 Å². The summed E-state index contributed by atoms with van der Waals surface area (Å²) in [5.41, 5.74) is 1.96. The van der Waals surface area contributed by atoms with Crippen molar-refractivity contribution in [1.29, 1.82) is 0 Å². The molecule has 0 aliphatic rings. The molecule has 0 aliphatic carbocycles. The number of carbonyl (C=O) groups excluding carboxylic acids is 1. The summed E-state index contributed by atoms with van der Waals surface area (Å²) in [5.74, 6) is -0.728. The Bertz CT molecular complexity index is 624. The minimum atomic E-state index is -0.414. The summed E-state index contributed by atoms with van der Waals surface area (Å²) in [4.78, 5) is 15.9. The average molecular weight is 272 g/mol. The number of benzene rings is 1. The maximum Gasteiger partial charge on any atom is 0.274 e. The minimum absolute atomic E-state index is 0.0571. The maximum absolute atomic E-state index is 14.4. The number of amides is 1. The molecule has 4 heteroatoms. The molecule has 1 aromatic heterocycles. The van der Waals surface area contributed by atoms with E-state index in [1.165, 1.54) is 6.20 Å². The van der Waals surface area contributed by atoms with Gasteiger partial charge in [-0.25, -0.2) is 4.39 Å². The quantitative estimate of drug-likeness (QED) is 0.920. The van der Waals surface area contributed by atoms with E-state index in [4.69, 9.17) is 0 Å². The van der Waals surface area contributed by atoms with Crippen molar-refractivity contribution in [3.8, 4) is 0 Å². The second kappa shape index (κ2) is 5.82. The van der Waals surface area contributed by atoms with Gasteiger partial charge in [-0.3, -0.25) is 9.78 Å². The number of anilines is 1. The van der Waals surface area contributed by atoms with Crippen molar-refractivity contribution in [3.63, 3.8) is 0 Å². The van der Waals surface area contributed by atoms with Crippen molar-refractivity contribution >= 4 is 11.6 Å². The Labute approximate surface area is 117 Å². The predicted octanol–water partition coefficient (Wildman–Crippen LogP) is 3.90. The van der Waals surface area contributed by atoms with Crippen LogP contribution in [0, 0.1) is 12.7 Å². The number of aryl methyl sites for hydroxylation is 1. The lowest BCUT2D eigenvalue weighted by Gasteiger charge is -2.14. The molecule has 3 nitrogen and oxygen atoms in total. The molecule has 0 atom stereocenters. The van der Waals surface area contributed by atoms with E-state index in [0.29, 0.717) is 5.56 Å². The fourth-order valence-electron chi connectivity index (χ4n) is 2.18. The van der Waals surface area contributed by atoms with Crippen LogP contribution in [0.25, 0.3) is 0 Å². The zero-order valence-electron chi connectivity index (χ0n) is 11.8. The van der Waals surface area contributed by atoms with Gasteiger partial charge in [-0.1, -0.05) is 26.0 Å². The van der Waals surface area contributed by atoms with E-state index >= 15 is 0 Å². The highest BCUT2D eigenvalue weighted by atomic mass is 19.1. The third-order valence-electron chi connectivity index (χ3n) is 3.12. The zero-order valence-corrected chi connectivity index (χ0v) is 11.8. The van der Waals surface area contributed by atoms with Gasteiger partial charge in [0.25, 0.3) is 5.91 Å². The van der Waals surface area contributed by atoms with Crippen LogP contribution in [0.2, 0.25) is 0 Å². The van der Waals surface area contributed by atoms with Gasteiger partial charge in [-0.15, -0.1) is 0 Å². The number of rotatable bonds is 3. The first-order chi connectivity index (χ1) is 9.50. The standard InChI is InChI=1S/C16H17FN2O/c1-10(2)14-11(3)7-8-12(15(14)17)19-16(20)13-6-4-5-9-18-13/h4-10H,1-3H3,(H,19,20). The molecule has 2 aromatic rings. The normalized spacial score (nSPS) is 10.7. The van der Waals surface area contributed by atoms with Crippen molar-refractivity contribution in [2.24, 2.45) is 0 Å². The second-order valence-corrected chi connectivity index (χ2v) is 4.98. The fourth-order valence-corrected chi connectivity index (χ4v) is 2.18. The summed E-state index contributed by atoms with van der Waals surface area (Å²) in [6.45, 7) is 5.72. The SMILES string of the molecule is Cc1ccc(NC(=O)c2ccccn2)c(F)c1C(C)C. The molecule has 0 spiro atoms. The number of aromatic nitrogens is 1. The van der Waals surface area contributed by atoms with Crippen LogP contribution in [-0.4, -0.2) is 10.9 Å². The van der Waals surface area contributed by atoms with Crippen LogP contribution < -0.4 is 5.32 Å². The van der Waals surface area contributed by atoms with E-state index < -0.39 is 5.91 Å². The Hall–Kier alpha value is -2.23. The van der Waals surface area contributed by atoms with Crippen molar-refractivity contribution in [2.75, 3.05) is 5.32 Å². The topological polar surface area (TPSA) is 42.0 Å². The summed E-state index contributed by atoms with van der Waals surface area (Å²) in [6.07, 6.45) is 1.53. The predicted molar refractivity (Wildman–Crippen MR) is 77.4 cm³/mol. The van der Waals surface area contributed by atoms with E-state index in [9.17, 15) is 9.18 Å². The van der Waals surface area contributed by atoms with Gasteiger partial charge in [0.2, 0.25) is 0 Å². The summed E-state index contributed by atoms with van der Waals surface area (Å²) in [6, 6.07) is 8.42. The van der Waals surface area contributed by atoms with Gasteiger partial charge in [-0.2, -0.15) is 0 Å². The molecule has 0 saturated carbocycles. The number of pyridine rings is 1. The molecule has 0 radical (unpaired) electrons. The van der Waals surface area contributed by atoms with Crippen LogP contribution in [0.3, 0.4) is 0 Å². The van der Waals surface area contributed by atoms with Gasteiger partial charge in [0.05, 0.1) is 5.69 Å². The van der Waals surface area contributed by atoms with Gasteiger partial charge < -0.3 is 5.32 Å². The average Bonchev–Trinajstić information content (AvgIpc) is 2.42. The monoisotopic (exact) mass is 272 g/mol. The van der Waals surface area contributed by atoms with Crippen LogP contribution in [0.4, 0.5) is 10.1 Å². The summed E-state index contributed by atoms with van der Waals surface area (Å²) in [5, 5.41) is 2.57. The number of hydrogen-bond donors (Lipinski definition) is 1. The molecule has 0 aliphatic heterocycles. The van der Waals surface area contributed by atoms with Crippen LogP contribution in [0.5, 0.6) is 0 Å². The Balaban J connectivity index is 2.31. The highest BCUT2D eigenvalue weighted by Crippen LogP contribution is 2.28. The van der Waals surface area contributed by atoms with Crippen LogP contribution in [0.1, 0.15) is 41.4 Å². The van der Waals surface area contributed by atoms with Crippen LogP contribution in [-0.2, 0) is 0 Å². The molecule has 0 fully saturated rings. The number of hydrogen-bond acceptors (Lipinski definition) is 2. The van der Waals surface area contributed by atoms with E-state index in [0.717, 1.165) is 5.56 Å². The van der Waals surface area contributed by atoms with Crippen molar-refractivity contribution < 1.29 is 9.18 Å². The van der Waals surface area contributed by atoms with Gasteiger partial charge in [0, 0.05) is 6.20 Å². The van der Waals surface area contributed by atoms with Gasteiger partial charge >= 0.3 is 0 Å². The summed E-state index contributed by atoms with van der Waals surface area (Å²) < 4.78 is 14.4. The van der Waals surface area contributed by atoms with E-state index in [1.54, 1.807) is 24.3 Å². The van der Waals surface area contributed by atoms with E-state index in [1.807, 2.05) is 26.8 Å². The number of carbonyl (C=O) groups is 1. The molecule has 0 unspecified atom stereocenters. The van der Waals surface area contributed by atoms with Crippen LogP contribution >= 0.6 is 0 Å². The smallest absolute Gasteiger partial charge is 0.274 e. The van der Waals surface area contributed by atoms with Crippen molar-refractivity contribution in [1.82, 2.24) is 4.98 Å². The molecule has 0 saturated heterocycles. The first-order valence-electron chi connectivity index (χ1n) is 6.52. The Morgan fingerprint density at radius 1 is 1.25 bits per heavy atom. The lowest BCUT2D eigenvalue weighted by molar-refractivity contribution is 0.102. The largest absolute Gasteiger partial charge is 0.318 e. The molecule has 104 valence electrons. The Morgan fingerprint density at radius 3 is 2.60 bits per heavy atom. The van der Waals surface area contributed by atoms with E-state index in [-0.39, 0.29) is 23.1 Å². The third-order valence-corrected chi connectivity index (χ3v) is 3.12. The maximum atomic E-state index is 14.4. The molecule has 20 heavy (non-hydrogen) atoms. The first kappa shape index (κ1) is 14.2. The van der Waals surface area contributed by atoms with Crippen molar-refractivity contribution in [2.45, 2.75) is 26.7 Å². The molecular formula is C16H17FN2O. The fraction of sp³-hybridized carbons (Fsp3) is 0.250. The van der Waals surface area contributed by atoms with Gasteiger partial charge in [0.15, 0.2) is 0 Å². The summed E-state index contributed by atoms with van der Waals surface area (Å²) in [7, 11) is 0. The highest BCUT2D eigenvalue weighted by Gasteiger charge is 2.16. The lowest BCUT2D eigenvalue weighted by atomic mass is 9.96. The molecule has 0 bridgehead atoms. The number of nitrogens with one attached hydrogen (secondary N) is 1. The van der Waals surface area contributed by atoms with Gasteiger partial charge in [-0.05, 0) is 42.2 Å². The zero-order chi connectivity index (χ0) is 14.7. The Kier molecular flexibility index (Phi) is 4.13.